The van der Waals surface area contributed by atoms with Crippen LogP contribution < -0.4 is 5.32 Å². The predicted molar refractivity (Wildman–Crippen MR) is 105 cm³/mol. The number of nitrogens with zero attached hydrogens (tertiary/aromatic N) is 1. The van der Waals surface area contributed by atoms with Gasteiger partial charge in [0.15, 0.2) is 0 Å². The quantitative estimate of drug-likeness (QED) is 0.726. The van der Waals surface area contributed by atoms with Crippen molar-refractivity contribution in [2.75, 3.05) is 26.2 Å². The summed E-state index contributed by atoms with van der Waals surface area (Å²) in [6.45, 7) is 3.37. The molecule has 1 atom stereocenters. The average molecular weight is 364 g/mol. The van der Waals surface area contributed by atoms with Gasteiger partial charge >= 0.3 is 0 Å². The average Bonchev–Trinajstić information content (AvgIpc) is 2.72. The molecule has 1 saturated heterocycles. The normalized spacial score (nSPS) is 16.2. The second-order valence-electron chi connectivity index (χ2n) is 6.84. The van der Waals surface area contributed by atoms with Crippen LogP contribution in [0.1, 0.15) is 17.2 Å². The van der Waals surface area contributed by atoms with Crippen LogP contribution in [0.4, 0.5) is 8.78 Å². The highest BCUT2D eigenvalue weighted by molar-refractivity contribution is 5.63. The third kappa shape index (κ3) is 3.92. The van der Waals surface area contributed by atoms with Gasteiger partial charge in [-0.25, -0.2) is 8.78 Å². The first-order chi connectivity index (χ1) is 13.2. The summed E-state index contributed by atoms with van der Waals surface area (Å²) in [5, 5.41) is 3.33. The maximum Gasteiger partial charge on any atom is 0.131 e. The van der Waals surface area contributed by atoms with Crippen molar-refractivity contribution in [3.8, 4) is 11.1 Å². The molecule has 0 amide bonds. The van der Waals surface area contributed by atoms with Crippen LogP contribution in [0.5, 0.6) is 0 Å². The number of hydrogen-bond acceptors (Lipinski definition) is 2. The Morgan fingerprint density at radius 1 is 0.778 bits per heavy atom. The van der Waals surface area contributed by atoms with Crippen molar-refractivity contribution in [1.82, 2.24) is 10.2 Å². The standard InChI is InChI=1S/C23H22F2N2/c24-20-10-11-21(22(25)16-20)23(27-14-12-26-13-15-27)19-8-6-18(7-9-19)17-4-2-1-3-5-17/h1-11,16,23,26H,12-15H2. The van der Waals surface area contributed by atoms with Crippen LogP contribution in [0.15, 0.2) is 72.8 Å². The van der Waals surface area contributed by atoms with E-state index < -0.39 is 11.6 Å². The molecule has 138 valence electrons. The molecule has 3 aromatic rings. The molecule has 27 heavy (non-hydrogen) atoms. The molecule has 1 unspecified atom stereocenters. The summed E-state index contributed by atoms with van der Waals surface area (Å²) in [5.74, 6) is -1.04. The van der Waals surface area contributed by atoms with Crippen molar-refractivity contribution in [2.24, 2.45) is 0 Å². The molecule has 2 nitrogen and oxygen atoms in total. The van der Waals surface area contributed by atoms with Crippen LogP contribution in [0, 0.1) is 11.6 Å². The maximum absolute atomic E-state index is 14.6. The molecule has 3 aromatic carbocycles. The van der Waals surface area contributed by atoms with Gasteiger partial charge in [0.25, 0.3) is 0 Å². The third-order valence-corrected chi connectivity index (χ3v) is 5.11. The van der Waals surface area contributed by atoms with E-state index >= 15 is 0 Å². The molecule has 0 radical (unpaired) electrons. The van der Waals surface area contributed by atoms with E-state index in [1.807, 2.05) is 18.2 Å². The van der Waals surface area contributed by atoms with Crippen molar-refractivity contribution < 1.29 is 8.78 Å². The molecular weight excluding hydrogens is 342 g/mol. The Morgan fingerprint density at radius 2 is 1.44 bits per heavy atom. The van der Waals surface area contributed by atoms with E-state index in [1.54, 1.807) is 6.07 Å². The molecule has 1 N–H and O–H groups in total. The lowest BCUT2D eigenvalue weighted by Crippen LogP contribution is -2.45. The number of hydrogen-bond donors (Lipinski definition) is 1. The lowest BCUT2D eigenvalue weighted by atomic mass is 9.94. The number of rotatable bonds is 4. The predicted octanol–water partition coefficient (Wildman–Crippen LogP) is 4.63. The van der Waals surface area contributed by atoms with Gasteiger partial charge in [-0.15, -0.1) is 0 Å². The number of piperazine rings is 1. The number of benzene rings is 3. The number of halogens is 2. The van der Waals surface area contributed by atoms with Gasteiger partial charge in [0.05, 0.1) is 6.04 Å². The monoisotopic (exact) mass is 364 g/mol. The zero-order valence-electron chi connectivity index (χ0n) is 15.0. The second kappa shape index (κ2) is 7.99. The second-order valence-corrected chi connectivity index (χ2v) is 6.84. The van der Waals surface area contributed by atoms with Gasteiger partial charge in [-0.3, -0.25) is 4.90 Å². The Bertz CT molecular complexity index is 888. The fourth-order valence-electron chi connectivity index (χ4n) is 3.74. The zero-order chi connectivity index (χ0) is 18.6. The van der Waals surface area contributed by atoms with E-state index in [2.05, 4.69) is 46.6 Å². The Hall–Kier alpha value is -2.56. The fourth-order valence-corrected chi connectivity index (χ4v) is 3.74. The molecule has 0 bridgehead atoms. The van der Waals surface area contributed by atoms with Crippen LogP contribution in [0.2, 0.25) is 0 Å². The summed E-state index contributed by atoms with van der Waals surface area (Å²) < 4.78 is 28.0. The molecule has 4 rings (SSSR count). The summed E-state index contributed by atoms with van der Waals surface area (Å²) in [6.07, 6.45) is 0. The lowest BCUT2D eigenvalue weighted by Gasteiger charge is -2.35. The highest BCUT2D eigenvalue weighted by atomic mass is 19.1. The molecular formula is C23H22F2N2. The van der Waals surface area contributed by atoms with Gasteiger partial charge in [-0.1, -0.05) is 60.7 Å². The summed E-state index contributed by atoms with van der Waals surface area (Å²) in [6, 6.07) is 22.1. The van der Waals surface area contributed by atoms with E-state index in [-0.39, 0.29) is 6.04 Å². The Kier molecular flexibility index (Phi) is 5.28. The van der Waals surface area contributed by atoms with Crippen molar-refractivity contribution in [2.45, 2.75) is 6.04 Å². The van der Waals surface area contributed by atoms with Crippen LogP contribution in [-0.4, -0.2) is 31.1 Å². The third-order valence-electron chi connectivity index (χ3n) is 5.11. The van der Waals surface area contributed by atoms with Crippen molar-refractivity contribution in [3.05, 3.63) is 95.6 Å². The first kappa shape index (κ1) is 17.8. The topological polar surface area (TPSA) is 15.3 Å². The van der Waals surface area contributed by atoms with E-state index in [0.29, 0.717) is 5.56 Å². The van der Waals surface area contributed by atoms with Gasteiger partial charge in [0, 0.05) is 37.8 Å². The van der Waals surface area contributed by atoms with Gasteiger partial charge in [-0.2, -0.15) is 0 Å². The summed E-state index contributed by atoms with van der Waals surface area (Å²) in [5.41, 5.74) is 3.81. The SMILES string of the molecule is Fc1ccc(C(c2ccc(-c3ccccc3)cc2)N2CCNCC2)c(F)c1. The first-order valence-electron chi connectivity index (χ1n) is 9.27. The first-order valence-corrected chi connectivity index (χ1v) is 9.27. The molecule has 1 aliphatic rings. The molecule has 1 heterocycles. The highest BCUT2D eigenvalue weighted by Gasteiger charge is 2.26. The van der Waals surface area contributed by atoms with Crippen LogP contribution in [-0.2, 0) is 0 Å². The molecule has 0 aromatic heterocycles. The molecule has 1 fully saturated rings. The largest absolute Gasteiger partial charge is 0.314 e. The van der Waals surface area contributed by atoms with Gasteiger partial charge < -0.3 is 5.32 Å². The van der Waals surface area contributed by atoms with E-state index in [4.69, 9.17) is 0 Å². The van der Waals surface area contributed by atoms with Crippen molar-refractivity contribution in [3.63, 3.8) is 0 Å². The van der Waals surface area contributed by atoms with E-state index in [9.17, 15) is 8.78 Å². The summed E-state index contributed by atoms with van der Waals surface area (Å²) in [7, 11) is 0. The van der Waals surface area contributed by atoms with Crippen molar-refractivity contribution >= 4 is 0 Å². The lowest BCUT2D eigenvalue weighted by molar-refractivity contribution is 0.195. The van der Waals surface area contributed by atoms with Gasteiger partial charge in [0.2, 0.25) is 0 Å². The van der Waals surface area contributed by atoms with Gasteiger partial charge in [-0.05, 0) is 22.8 Å². The Labute approximate surface area is 158 Å². The minimum Gasteiger partial charge on any atom is -0.314 e. The Balaban J connectivity index is 1.72. The summed E-state index contributed by atoms with van der Waals surface area (Å²) >= 11 is 0. The Morgan fingerprint density at radius 3 is 2.11 bits per heavy atom. The molecule has 0 spiro atoms. The minimum atomic E-state index is -0.547. The van der Waals surface area contributed by atoms with E-state index in [1.165, 1.54) is 6.07 Å². The molecule has 1 aliphatic heterocycles. The maximum atomic E-state index is 14.6. The molecule has 4 heteroatoms. The fraction of sp³-hybridized carbons (Fsp3) is 0.217. The van der Waals surface area contributed by atoms with Crippen LogP contribution in [0.25, 0.3) is 11.1 Å². The van der Waals surface area contributed by atoms with Crippen LogP contribution in [0.3, 0.4) is 0 Å². The molecule has 0 aliphatic carbocycles. The minimum absolute atomic E-state index is 0.225. The smallest absolute Gasteiger partial charge is 0.131 e. The molecule has 0 saturated carbocycles. The summed E-state index contributed by atoms with van der Waals surface area (Å²) in [4.78, 5) is 2.25. The highest BCUT2D eigenvalue weighted by Crippen LogP contribution is 2.32. The van der Waals surface area contributed by atoms with E-state index in [0.717, 1.165) is 48.9 Å². The van der Waals surface area contributed by atoms with Crippen molar-refractivity contribution in [1.29, 1.82) is 0 Å². The van der Waals surface area contributed by atoms with Gasteiger partial charge in [0.1, 0.15) is 11.6 Å². The number of nitrogens with one attached hydrogen (secondary N) is 1. The van der Waals surface area contributed by atoms with Crippen LogP contribution >= 0.6 is 0 Å². The zero-order valence-corrected chi connectivity index (χ0v) is 15.0.